The average molecular weight is 215 g/mol. The number of nitrogens with zero attached hydrogens (tertiary/aromatic N) is 2. The number of anilines is 1. The van der Waals surface area contributed by atoms with Gasteiger partial charge in [-0.15, -0.1) is 0 Å². The number of hydrogen-bond donors (Lipinski definition) is 1. The molecule has 0 aliphatic rings. The predicted octanol–water partition coefficient (Wildman–Crippen LogP) is 2.04. The van der Waals surface area contributed by atoms with Crippen molar-refractivity contribution < 1.29 is 4.74 Å². The second kappa shape index (κ2) is 4.18. The van der Waals surface area contributed by atoms with Gasteiger partial charge in [0.2, 0.25) is 5.88 Å². The van der Waals surface area contributed by atoms with Gasteiger partial charge in [0.15, 0.2) is 0 Å². The van der Waals surface area contributed by atoms with Crippen LogP contribution in [0.3, 0.4) is 0 Å². The van der Waals surface area contributed by atoms with Crippen molar-refractivity contribution in [2.45, 2.75) is 6.92 Å². The molecule has 0 spiro atoms. The fourth-order valence-electron chi connectivity index (χ4n) is 1.46. The molecular formula is C12H13N3O. The number of aromatic nitrogens is 2. The summed E-state index contributed by atoms with van der Waals surface area (Å²) in [6.07, 6.45) is 3.23. The van der Waals surface area contributed by atoms with Crippen LogP contribution >= 0.6 is 0 Å². The highest BCUT2D eigenvalue weighted by atomic mass is 16.5. The van der Waals surface area contributed by atoms with E-state index in [9.17, 15) is 0 Å². The fourth-order valence-corrected chi connectivity index (χ4v) is 1.46. The zero-order valence-corrected chi connectivity index (χ0v) is 9.27. The standard InChI is InChI=1S/C12H13N3O/c1-8-3-4-9(7-10(8)13)11-12(16-2)15-6-5-14-11/h3-7H,13H2,1-2H3. The van der Waals surface area contributed by atoms with Gasteiger partial charge in [-0.2, -0.15) is 0 Å². The van der Waals surface area contributed by atoms with Gasteiger partial charge in [-0.25, -0.2) is 9.97 Å². The van der Waals surface area contributed by atoms with Crippen LogP contribution in [0.2, 0.25) is 0 Å². The average Bonchev–Trinajstić information content (AvgIpc) is 2.32. The van der Waals surface area contributed by atoms with Gasteiger partial charge in [0.1, 0.15) is 5.69 Å². The molecule has 0 atom stereocenters. The number of hydrogen-bond acceptors (Lipinski definition) is 4. The van der Waals surface area contributed by atoms with E-state index in [0.29, 0.717) is 11.6 Å². The summed E-state index contributed by atoms with van der Waals surface area (Å²) in [5.41, 5.74) is 9.26. The van der Waals surface area contributed by atoms with Gasteiger partial charge in [-0.3, -0.25) is 0 Å². The maximum Gasteiger partial charge on any atom is 0.240 e. The summed E-state index contributed by atoms with van der Waals surface area (Å²) in [5.74, 6) is 0.505. The lowest BCUT2D eigenvalue weighted by atomic mass is 10.1. The van der Waals surface area contributed by atoms with E-state index in [-0.39, 0.29) is 0 Å². The molecule has 4 heteroatoms. The van der Waals surface area contributed by atoms with Gasteiger partial charge in [0.05, 0.1) is 7.11 Å². The van der Waals surface area contributed by atoms with Gasteiger partial charge in [0, 0.05) is 23.6 Å². The van der Waals surface area contributed by atoms with Crippen molar-refractivity contribution in [1.29, 1.82) is 0 Å². The molecule has 1 aromatic heterocycles. The summed E-state index contributed by atoms with van der Waals surface area (Å²) in [6, 6.07) is 5.79. The van der Waals surface area contributed by atoms with Crippen LogP contribution in [-0.2, 0) is 0 Å². The highest BCUT2D eigenvalue weighted by molar-refractivity contribution is 5.69. The van der Waals surface area contributed by atoms with E-state index in [1.807, 2.05) is 25.1 Å². The number of nitrogen functional groups attached to an aromatic ring is 1. The van der Waals surface area contributed by atoms with Crippen molar-refractivity contribution in [3.05, 3.63) is 36.2 Å². The van der Waals surface area contributed by atoms with Crippen LogP contribution in [0.4, 0.5) is 5.69 Å². The van der Waals surface area contributed by atoms with Gasteiger partial charge < -0.3 is 10.5 Å². The van der Waals surface area contributed by atoms with E-state index in [4.69, 9.17) is 10.5 Å². The molecule has 4 nitrogen and oxygen atoms in total. The number of nitrogens with two attached hydrogens (primary N) is 1. The Bertz CT molecular complexity index is 511. The zero-order valence-electron chi connectivity index (χ0n) is 9.27. The summed E-state index contributed by atoms with van der Waals surface area (Å²) < 4.78 is 5.16. The number of aryl methyl sites for hydroxylation is 1. The Labute approximate surface area is 94.1 Å². The number of methoxy groups -OCH3 is 1. The third-order valence-corrected chi connectivity index (χ3v) is 2.41. The van der Waals surface area contributed by atoms with Crippen molar-refractivity contribution in [1.82, 2.24) is 9.97 Å². The molecule has 0 aliphatic carbocycles. The highest BCUT2D eigenvalue weighted by Crippen LogP contribution is 2.27. The monoisotopic (exact) mass is 215 g/mol. The van der Waals surface area contributed by atoms with Crippen LogP contribution in [0.1, 0.15) is 5.56 Å². The first-order valence-electron chi connectivity index (χ1n) is 4.94. The van der Waals surface area contributed by atoms with Crippen LogP contribution in [0.5, 0.6) is 5.88 Å². The summed E-state index contributed by atoms with van der Waals surface area (Å²) in [4.78, 5) is 8.35. The Morgan fingerprint density at radius 2 is 1.94 bits per heavy atom. The predicted molar refractivity (Wildman–Crippen MR) is 63.2 cm³/mol. The minimum atomic E-state index is 0.505. The topological polar surface area (TPSA) is 61.0 Å². The first-order valence-corrected chi connectivity index (χ1v) is 4.94. The van der Waals surface area contributed by atoms with Crippen LogP contribution < -0.4 is 10.5 Å². The normalized spacial score (nSPS) is 10.1. The molecule has 1 heterocycles. The van der Waals surface area contributed by atoms with Crippen LogP contribution in [0.25, 0.3) is 11.3 Å². The van der Waals surface area contributed by atoms with E-state index in [1.165, 1.54) is 0 Å². The molecule has 2 aromatic rings. The van der Waals surface area contributed by atoms with Crippen LogP contribution in [-0.4, -0.2) is 17.1 Å². The molecule has 2 rings (SSSR count). The van der Waals surface area contributed by atoms with Crippen LogP contribution in [0, 0.1) is 6.92 Å². The Hall–Kier alpha value is -2.10. The van der Waals surface area contributed by atoms with E-state index >= 15 is 0 Å². The SMILES string of the molecule is COc1nccnc1-c1ccc(C)c(N)c1. The minimum Gasteiger partial charge on any atom is -0.479 e. The second-order valence-corrected chi connectivity index (χ2v) is 3.49. The molecule has 0 unspecified atom stereocenters. The fraction of sp³-hybridized carbons (Fsp3) is 0.167. The molecule has 16 heavy (non-hydrogen) atoms. The molecule has 82 valence electrons. The maximum absolute atomic E-state index is 5.86. The number of benzene rings is 1. The Morgan fingerprint density at radius 3 is 2.62 bits per heavy atom. The lowest BCUT2D eigenvalue weighted by Crippen LogP contribution is -1.95. The van der Waals surface area contributed by atoms with E-state index in [0.717, 1.165) is 16.8 Å². The van der Waals surface area contributed by atoms with Gasteiger partial charge in [0.25, 0.3) is 0 Å². The molecule has 0 amide bonds. The van der Waals surface area contributed by atoms with Gasteiger partial charge in [-0.05, 0) is 18.6 Å². The summed E-state index contributed by atoms with van der Waals surface area (Å²) >= 11 is 0. The van der Waals surface area contributed by atoms with Crippen molar-refractivity contribution in [2.24, 2.45) is 0 Å². The smallest absolute Gasteiger partial charge is 0.240 e. The zero-order chi connectivity index (χ0) is 11.5. The van der Waals surface area contributed by atoms with Crippen molar-refractivity contribution >= 4 is 5.69 Å². The maximum atomic E-state index is 5.86. The molecule has 1 aromatic carbocycles. The summed E-state index contributed by atoms with van der Waals surface area (Å²) in [6.45, 7) is 1.97. The third-order valence-electron chi connectivity index (χ3n) is 2.41. The molecule has 2 N–H and O–H groups in total. The number of rotatable bonds is 2. The Kier molecular flexibility index (Phi) is 2.72. The van der Waals surface area contributed by atoms with Crippen molar-refractivity contribution in [2.75, 3.05) is 12.8 Å². The van der Waals surface area contributed by atoms with E-state index in [2.05, 4.69) is 9.97 Å². The Balaban J connectivity index is 2.54. The van der Waals surface area contributed by atoms with E-state index in [1.54, 1.807) is 19.5 Å². The molecule has 0 fully saturated rings. The lowest BCUT2D eigenvalue weighted by molar-refractivity contribution is 0.398. The van der Waals surface area contributed by atoms with Gasteiger partial charge in [-0.1, -0.05) is 12.1 Å². The molecule has 0 bridgehead atoms. The summed E-state index contributed by atoms with van der Waals surface area (Å²) in [5, 5.41) is 0. The highest BCUT2D eigenvalue weighted by Gasteiger charge is 2.08. The molecule has 0 radical (unpaired) electrons. The molecule has 0 saturated heterocycles. The molecule has 0 saturated carbocycles. The quantitative estimate of drug-likeness (QED) is 0.779. The number of ether oxygens (including phenoxy) is 1. The first-order chi connectivity index (χ1) is 7.72. The van der Waals surface area contributed by atoms with Crippen molar-refractivity contribution in [3.8, 4) is 17.1 Å². The van der Waals surface area contributed by atoms with E-state index < -0.39 is 0 Å². The molecule has 0 aliphatic heterocycles. The lowest BCUT2D eigenvalue weighted by Gasteiger charge is -2.07. The van der Waals surface area contributed by atoms with Gasteiger partial charge >= 0.3 is 0 Å². The second-order valence-electron chi connectivity index (χ2n) is 3.49. The molecular weight excluding hydrogens is 202 g/mol. The largest absolute Gasteiger partial charge is 0.479 e. The third kappa shape index (κ3) is 1.82. The van der Waals surface area contributed by atoms with Crippen molar-refractivity contribution in [3.63, 3.8) is 0 Å². The summed E-state index contributed by atoms with van der Waals surface area (Å²) in [7, 11) is 1.57. The first kappa shape index (κ1) is 10.4. The Morgan fingerprint density at radius 1 is 1.19 bits per heavy atom. The minimum absolute atomic E-state index is 0.505. The van der Waals surface area contributed by atoms with Crippen LogP contribution in [0.15, 0.2) is 30.6 Å².